The van der Waals surface area contributed by atoms with Crippen LogP contribution in [0.5, 0.6) is 5.75 Å². The van der Waals surface area contributed by atoms with Crippen LogP contribution in [-0.2, 0) is 0 Å². The van der Waals surface area contributed by atoms with E-state index in [4.69, 9.17) is 4.74 Å². The van der Waals surface area contributed by atoms with E-state index in [1.54, 1.807) is 19.2 Å². The molecule has 6 nitrogen and oxygen atoms in total. The number of methoxy groups -OCH3 is 1. The maximum Gasteiger partial charge on any atom is 0.256 e. The van der Waals surface area contributed by atoms with Crippen molar-refractivity contribution in [2.45, 2.75) is 0 Å². The average Bonchev–Trinajstić information content (AvgIpc) is 3.18. The second-order valence-electron chi connectivity index (χ2n) is 6.07. The van der Waals surface area contributed by atoms with E-state index in [0.717, 1.165) is 17.0 Å². The average molecular weight is 370 g/mol. The molecule has 0 atom stereocenters. The van der Waals surface area contributed by atoms with Crippen molar-refractivity contribution in [3.63, 3.8) is 0 Å². The molecule has 0 unspecified atom stereocenters. The van der Waals surface area contributed by atoms with Gasteiger partial charge in [-0.2, -0.15) is 0 Å². The zero-order chi connectivity index (χ0) is 19.3. The molecular formula is C22H18N4O2. The Morgan fingerprint density at radius 2 is 1.50 bits per heavy atom. The number of ether oxygens (including phenoxy) is 1. The van der Waals surface area contributed by atoms with Gasteiger partial charge in [0, 0.05) is 11.1 Å². The second kappa shape index (κ2) is 7.75. The number of hydrogen-bond acceptors (Lipinski definition) is 4. The Kier molecular flexibility index (Phi) is 4.84. The van der Waals surface area contributed by atoms with Crippen molar-refractivity contribution in [2.24, 2.45) is 0 Å². The number of carbonyl (C=O) groups excluding carboxylic acids is 1. The van der Waals surface area contributed by atoms with Crippen LogP contribution in [0.15, 0.2) is 84.9 Å². The van der Waals surface area contributed by atoms with Gasteiger partial charge in [0.2, 0.25) is 0 Å². The number of nitrogens with one attached hydrogen (secondary N) is 1. The van der Waals surface area contributed by atoms with Crippen LogP contribution in [0.4, 0.5) is 5.82 Å². The van der Waals surface area contributed by atoms with Crippen LogP contribution < -0.4 is 10.1 Å². The van der Waals surface area contributed by atoms with Crippen molar-refractivity contribution in [3.05, 3.63) is 90.5 Å². The summed E-state index contributed by atoms with van der Waals surface area (Å²) in [4.78, 5) is 14.1. The van der Waals surface area contributed by atoms with Crippen molar-refractivity contribution in [3.8, 4) is 22.7 Å². The number of amides is 1. The molecular weight excluding hydrogens is 352 g/mol. The van der Waals surface area contributed by atoms with Gasteiger partial charge < -0.3 is 10.1 Å². The summed E-state index contributed by atoms with van der Waals surface area (Å²) in [6.45, 7) is 0. The summed E-state index contributed by atoms with van der Waals surface area (Å²) in [5, 5.41) is 12.0. The van der Waals surface area contributed by atoms with Crippen LogP contribution >= 0.6 is 0 Å². The van der Waals surface area contributed by atoms with Gasteiger partial charge in [0.1, 0.15) is 11.4 Å². The lowest BCUT2D eigenvalue weighted by Crippen LogP contribution is -2.13. The van der Waals surface area contributed by atoms with Crippen LogP contribution in [0.2, 0.25) is 0 Å². The molecule has 0 aliphatic heterocycles. The molecule has 0 aliphatic carbocycles. The Balaban J connectivity index is 1.73. The Morgan fingerprint density at radius 1 is 0.857 bits per heavy atom. The fourth-order valence-electron chi connectivity index (χ4n) is 2.78. The topological polar surface area (TPSA) is 69.0 Å². The summed E-state index contributed by atoms with van der Waals surface area (Å²) in [6, 6.07) is 26.0. The lowest BCUT2D eigenvalue weighted by molar-refractivity contribution is 0.102. The third-order valence-electron chi connectivity index (χ3n) is 4.23. The summed E-state index contributed by atoms with van der Waals surface area (Å²) >= 11 is 0. The van der Waals surface area contributed by atoms with E-state index in [2.05, 4.69) is 15.5 Å². The molecule has 0 aliphatic rings. The van der Waals surface area contributed by atoms with E-state index in [0.29, 0.717) is 17.1 Å². The highest BCUT2D eigenvalue weighted by Gasteiger charge is 2.17. The second-order valence-corrected chi connectivity index (χ2v) is 6.07. The number of aromatic nitrogens is 3. The monoisotopic (exact) mass is 370 g/mol. The first-order valence-electron chi connectivity index (χ1n) is 8.78. The maximum atomic E-state index is 12.6. The Bertz CT molecular complexity index is 1070. The molecule has 3 aromatic carbocycles. The number of nitrogens with zero attached hydrogens (tertiary/aromatic N) is 3. The number of carbonyl (C=O) groups is 1. The molecule has 1 aromatic heterocycles. The van der Waals surface area contributed by atoms with Crippen LogP contribution in [-0.4, -0.2) is 28.0 Å². The molecule has 0 radical (unpaired) electrons. The molecule has 138 valence electrons. The zero-order valence-electron chi connectivity index (χ0n) is 15.2. The first kappa shape index (κ1) is 17.5. The van der Waals surface area contributed by atoms with Gasteiger partial charge in [-0.15, -0.1) is 15.0 Å². The van der Waals surface area contributed by atoms with E-state index in [1.807, 2.05) is 72.8 Å². The molecule has 0 saturated carbocycles. The van der Waals surface area contributed by atoms with Crippen molar-refractivity contribution < 1.29 is 9.53 Å². The van der Waals surface area contributed by atoms with E-state index < -0.39 is 0 Å². The minimum atomic E-state index is -0.237. The van der Waals surface area contributed by atoms with Crippen molar-refractivity contribution in [1.82, 2.24) is 15.0 Å². The van der Waals surface area contributed by atoms with Crippen LogP contribution in [0.1, 0.15) is 10.4 Å². The van der Waals surface area contributed by atoms with Gasteiger partial charge in [0.05, 0.1) is 12.8 Å². The number of benzene rings is 3. The first-order valence-corrected chi connectivity index (χ1v) is 8.78. The summed E-state index contributed by atoms with van der Waals surface area (Å²) in [7, 11) is 1.62. The minimum Gasteiger partial charge on any atom is -0.497 e. The number of anilines is 1. The largest absolute Gasteiger partial charge is 0.497 e. The third-order valence-corrected chi connectivity index (χ3v) is 4.23. The fourth-order valence-corrected chi connectivity index (χ4v) is 2.78. The van der Waals surface area contributed by atoms with Crippen molar-refractivity contribution >= 4 is 11.7 Å². The SMILES string of the molecule is COc1ccc(-n2nc(NC(=O)c3ccccc3)c(-c3ccccc3)n2)cc1. The highest BCUT2D eigenvalue weighted by Crippen LogP contribution is 2.26. The minimum absolute atomic E-state index is 0.237. The quantitative estimate of drug-likeness (QED) is 0.572. The molecule has 6 heteroatoms. The summed E-state index contributed by atoms with van der Waals surface area (Å²) in [5.41, 5.74) is 2.78. The predicted octanol–water partition coefficient (Wildman–Crippen LogP) is 4.20. The standard InChI is InChI=1S/C22H18N4O2/c1-28-19-14-12-18(13-15-19)26-24-20(16-8-4-2-5-9-16)21(25-26)23-22(27)17-10-6-3-7-11-17/h2-15H,1H3,(H,23,25,27). The molecule has 1 amide bonds. The van der Waals surface area contributed by atoms with Crippen LogP contribution in [0.25, 0.3) is 16.9 Å². The van der Waals surface area contributed by atoms with E-state index in [1.165, 1.54) is 4.80 Å². The van der Waals surface area contributed by atoms with Gasteiger partial charge in [-0.25, -0.2) is 0 Å². The molecule has 4 rings (SSSR count). The Morgan fingerprint density at radius 3 is 2.14 bits per heavy atom. The molecule has 0 bridgehead atoms. The smallest absolute Gasteiger partial charge is 0.256 e. The summed E-state index contributed by atoms with van der Waals surface area (Å²) in [6.07, 6.45) is 0. The molecule has 4 aromatic rings. The van der Waals surface area contributed by atoms with Crippen LogP contribution in [0.3, 0.4) is 0 Å². The molecule has 1 heterocycles. The lowest BCUT2D eigenvalue weighted by Gasteiger charge is -2.04. The molecule has 0 saturated heterocycles. The highest BCUT2D eigenvalue weighted by atomic mass is 16.5. The third kappa shape index (κ3) is 3.61. The van der Waals surface area contributed by atoms with Crippen molar-refractivity contribution in [1.29, 1.82) is 0 Å². The zero-order valence-corrected chi connectivity index (χ0v) is 15.2. The number of hydrogen-bond donors (Lipinski definition) is 1. The van der Waals surface area contributed by atoms with E-state index >= 15 is 0 Å². The van der Waals surface area contributed by atoms with Crippen LogP contribution in [0, 0.1) is 0 Å². The van der Waals surface area contributed by atoms with E-state index in [9.17, 15) is 4.79 Å². The summed E-state index contributed by atoms with van der Waals surface area (Å²) in [5.74, 6) is 0.909. The fraction of sp³-hybridized carbons (Fsp3) is 0.0455. The molecule has 1 N–H and O–H groups in total. The van der Waals surface area contributed by atoms with Crippen molar-refractivity contribution in [2.75, 3.05) is 12.4 Å². The Labute approximate surface area is 162 Å². The van der Waals surface area contributed by atoms with Gasteiger partial charge in [-0.05, 0) is 36.4 Å². The van der Waals surface area contributed by atoms with Gasteiger partial charge >= 0.3 is 0 Å². The van der Waals surface area contributed by atoms with Gasteiger partial charge in [-0.3, -0.25) is 4.79 Å². The first-order chi connectivity index (χ1) is 13.7. The van der Waals surface area contributed by atoms with E-state index in [-0.39, 0.29) is 5.91 Å². The number of rotatable bonds is 5. The molecule has 0 spiro atoms. The lowest BCUT2D eigenvalue weighted by atomic mass is 10.1. The molecule has 28 heavy (non-hydrogen) atoms. The Hall–Kier alpha value is -3.93. The van der Waals surface area contributed by atoms with Gasteiger partial charge in [0.25, 0.3) is 5.91 Å². The molecule has 0 fully saturated rings. The van der Waals surface area contributed by atoms with Gasteiger partial charge in [0.15, 0.2) is 5.82 Å². The maximum absolute atomic E-state index is 12.6. The highest BCUT2D eigenvalue weighted by molar-refractivity contribution is 6.05. The van der Waals surface area contributed by atoms with Gasteiger partial charge in [-0.1, -0.05) is 48.5 Å². The predicted molar refractivity (Wildman–Crippen MR) is 108 cm³/mol. The summed E-state index contributed by atoms with van der Waals surface area (Å²) < 4.78 is 5.20. The normalized spacial score (nSPS) is 10.5.